The molecule has 0 fully saturated rings. The molecular formula is C122H89N9O3. The molecule has 0 unspecified atom stereocenters. The molecule has 0 bridgehead atoms. The summed E-state index contributed by atoms with van der Waals surface area (Å²) in [5.74, 6) is 1.87. The number of para-hydroxylation sites is 13. The minimum absolute atomic E-state index is 0.107. The van der Waals surface area contributed by atoms with Gasteiger partial charge in [-0.2, -0.15) is 0 Å². The molecule has 25 rings (SSSR count). The van der Waals surface area contributed by atoms with E-state index < -0.39 is 0 Å². The number of hydrogen-bond acceptors (Lipinski definition) is 9. The smallest absolute Gasteiger partial charge is 0.227 e. The second-order valence-corrected chi connectivity index (χ2v) is 34.8. The number of anilines is 9. The van der Waals surface area contributed by atoms with Crippen LogP contribution in [0.15, 0.2) is 480 Å². The second-order valence-electron chi connectivity index (χ2n) is 34.8. The number of aryl methyl sites for hydroxylation is 1. The van der Waals surface area contributed by atoms with Gasteiger partial charge in [0.15, 0.2) is 16.7 Å². The Morgan fingerprint density at radius 2 is 0.507 bits per heavy atom. The Balaban J connectivity index is 0.000000114. The summed E-state index contributed by atoms with van der Waals surface area (Å²) in [6.07, 6.45) is 0. The molecule has 0 saturated carbocycles. The van der Waals surface area contributed by atoms with Crippen LogP contribution in [0.25, 0.3) is 161 Å². The van der Waals surface area contributed by atoms with E-state index in [9.17, 15) is 0 Å². The first-order valence-corrected chi connectivity index (χ1v) is 45.3. The number of benzene rings is 19. The Labute approximate surface area is 775 Å². The molecule has 0 radical (unpaired) electrons. The first-order chi connectivity index (χ1) is 66.0. The fourth-order valence-corrected chi connectivity index (χ4v) is 18.8. The zero-order valence-electron chi connectivity index (χ0n) is 74.2. The molecule has 6 heterocycles. The van der Waals surface area contributed by atoms with Crippen molar-refractivity contribution in [2.45, 2.75) is 33.1 Å². The highest BCUT2D eigenvalue weighted by molar-refractivity contribution is 6.14. The number of fused-ring (bicyclic) bond motifs is 12. The molecule has 640 valence electrons. The molecule has 6 aromatic heterocycles. The van der Waals surface area contributed by atoms with Gasteiger partial charge in [0.05, 0.1) is 38.8 Å². The lowest BCUT2D eigenvalue weighted by molar-refractivity contribution is 0.590. The van der Waals surface area contributed by atoms with Gasteiger partial charge >= 0.3 is 0 Å². The van der Waals surface area contributed by atoms with Crippen molar-refractivity contribution < 1.29 is 13.3 Å². The fourth-order valence-electron chi connectivity index (χ4n) is 18.8. The lowest BCUT2D eigenvalue weighted by Gasteiger charge is -2.26. The van der Waals surface area contributed by atoms with E-state index in [4.69, 9.17) is 23.2 Å². The molecule has 0 saturated heterocycles. The van der Waals surface area contributed by atoms with Crippen molar-refractivity contribution in [2.24, 2.45) is 0 Å². The Hall–Kier alpha value is -17.6. The average Bonchev–Trinajstić information content (AvgIpc) is 1.59. The van der Waals surface area contributed by atoms with E-state index >= 15 is 0 Å². The van der Waals surface area contributed by atoms with E-state index in [0.29, 0.717) is 17.7 Å². The van der Waals surface area contributed by atoms with Crippen LogP contribution in [-0.4, -0.2) is 28.7 Å². The topological polar surface area (TPSA) is 103 Å². The highest BCUT2D eigenvalue weighted by atomic mass is 16.4. The molecule has 19 aromatic carbocycles. The van der Waals surface area contributed by atoms with Crippen LogP contribution >= 0.6 is 0 Å². The second kappa shape index (κ2) is 34.4. The molecule has 0 amide bonds. The number of hydrogen-bond donors (Lipinski definition) is 0. The first-order valence-electron chi connectivity index (χ1n) is 45.3. The summed E-state index contributed by atoms with van der Waals surface area (Å²) in [5.41, 5.74) is 33.1. The molecule has 12 nitrogen and oxygen atoms in total. The van der Waals surface area contributed by atoms with Crippen molar-refractivity contribution in [3.8, 4) is 62.6 Å². The molecule has 0 aliphatic heterocycles. The van der Waals surface area contributed by atoms with E-state index in [0.717, 1.165) is 124 Å². The van der Waals surface area contributed by atoms with E-state index in [-0.39, 0.29) is 5.41 Å². The zero-order chi connectivity index (χ0) is 89.7. The highest BCUT2D eigenvalue weighted by Gasteiger charge is 2.25. The predicted molar refractivity (Wildman–Crippen MR) is 554 cm³/mol. The summed E-state index contributed by atoms with van der Waals surface area (Å²) in [7, 11) is 0. The van der Waals surface area contributed by atoms with Crippen molar-refractivity contribution in [1.29, 1.82) is 0 Å². The lowest BCUT2D eigenvalue weighted by atomic mass is 9.87. The van der Waals surface area contributed by atoms with E-state index in [1.54, 1.807) is 0 Å². The van der Waals surface area contributed by atoms with Crippen LogP contribution < -0.4 is 14.7 Å². The number of nitrogens with zero attached hydrogens (tertiary/aromatic N) is 9. The van der Waals surface area contributed by atoms with Crippen LogP contribution in [0, 0.1) is 6.92 Å². The van der Waals surface area contributed by atoms with Crippen molar-refractivity contribution in [3.63, 3.8) is 0 Å². The summed E-state index contributed by atoms with van der Waals surface area (Å²) in [6.45, 7) is 8.89. The quantitative estimate of drug-likeness (QED) is 0.0936. The van der Waals surface area contributed by atoms with Gasteiger partial charge in [0.25, 0.3) is 0 Å². The third-order valence-corrected chi connectivity index (χ3v) is 25.3. The van der Waals surface area contributed by atoms with Crippen molar-refractivity contribution >= 4 is 150 Å². The van der Waals surface area contributed by atoms with Gasteiger partial charge in [0.2, 0.25) is 17.7 Å². The lowest BCUT2D eigenvalue weighted by Crippen LogP contribution is -2.11. The van der Waals surface area contributed by atoms with Crippen molar-refractivity contribution in [2.75, 3.05) is 14.7 Å². The normalized spacial score (nSPS) is 11.6. The maximum atomic E-state index is 6.06. The number of oxazole rings is 3. The maximum absolute atomic E-state index is 6.06. The SMILES string of the molecule is CC(C)(C)c1ccc(-n2c3ccccc3c3cc(N(c4ccccc4)c4ccc(-c5nc6ccccc6o5)cc4)ccc32)cc1.Cc1ccc(-n2c3ccccc3c3cc(N(c4ccccc4)c4ccc(-c5nc6ccccc6o5)cc4)ccc32)cc1.c1ccc(-c2ccccc2-n2c3ccccc3c3cc(N(c4ccccc4)c4ccc(-c5nc6ccccc6o5)cc4)ccc32)cc1. The minimum Gasteiger partial charge on any atom is -0.436 e. The standard InChI is InChI=1S/C43H29N3O.C41H33N3O.C38H27N3O/c1-3-13-30(14-4-1)35-17-7-10-20-39(35)46-40-21-11-8-18-36(40)37-29-34(27-28-41(37)46)45(32-15-5-2-6-16-32)33-25-23-31(24-26-33)43-44-38-19-9-12-22-42(38)47-43;1-41(2,3)29-19-23-32(24-20-29)44-37-15-9-7-13-34(37)35-27-33(25-26-38(35)44)43(30-11-5-4-6-12-30)31-21-17-28(18-22-31)40-42-36-14-8-10-16-39(36)45-40;1-26-15-19-30(20-16-26)41-35-13-7-5-11-32(35)33-25-31(23-24-36(33)41)40(28-9-3-2-4-10-28)29-21-17-27(18-22-29)38-39-34-12-6-8-14-37(34)42-38/h1-29H;4-27H,1-3H3;2-25H,1H3. The van der Waals surface area contributed by atoms with Crippen LogP contribution in [0.1, 0.15) is 31.9 Å². The molecule has 25 aromatic rings. The maximum Gasteiger partial charge on any atom is 0.227 e. The summed E-state index contributed by atoms with van der Waals surface area (Å²) in [4.78, 5) is 21.0. The van der Waals surface area contributed by atoms with E-state index in [1.807, 2.05) is 72.8 Å². The van der Waals surface area contributed by atoms with Crippen molar-refractivity contribution in [1.82, 2.24) is 28.7 Å². The molecule has 0 atom stereocenters. The first kappa shape index (κ1) is 80.9. The minimum atomic E-state index is 0.107. The monoisotopic (exact) mass is 1730 g/mol. The van der Waals surface area contributed by atoms with Gasteiger partial charge < -0.3 is 41.7 Å². The molecule has 0 N–H and O–H groups in total. The summed E-state index contributed by atoms with van der Waals surface area (Å²) >= 11 is 0. The van der Waals surface area contributed by atoms with Crippen LogP contribution in [0.5, 0.6) is 0 Å². The predicted octanol–water partition coefficient (Wildman–Crippen LogP) is 33.5. The molecule has 0 aliphatic rings. The summed E-state index contributed by atoms with van der Waals surface area (Å²) < 4.78 is 25.3. The van der Waals surface area contributed by atoms with Crippen LogP contribution in [0.2, 0.25) is 0 Å². The Morgan fingerprint density at radius 1 is 0.224 bits per heavy atom. The van der Waals surface area contributed by atoms with Crippen LogP contribution in [0.4, 0.5) is 51.2 Å². The van der Waals surface area contributed by atoms with Gasteiger partial charge in [-0.25, -0.2) is 15.0 Å². The number of aromatic nitrogens is 6. The molecule has 0 spiro atoms. The Morgan fingerprint density at radius 3 is 0.873 bits per heavy atom. The molecule has 12 heteroatoms. The van der Waals surface area contributed by atoms with E-state index in [1.165, 1.54) is 82.2 Å². The third kappa shape index (κ3) is 15.3. The average molecular weight is 1730 g/mol. The Bertz CT molecular complexity index is 8490. The highest BCUT2D eigenvalue weighted by Crippen LogP contribution is 2.47. The molecule has 134 heavy (non-hydrogen) atoms. The summed E-state index contributed by atoms with van der Waals surface area (Å²) in [6, 6.07) is 164. The Kier molecular flexibility index (Phi) is 20.8. The molecular weight excluding hydrogens is 1640 g/mol. The van der Waals surface area contributed by atoms with Crippen LogP contribution in [0.3, 0.4) is 0 Å². The number of rotatable bonds is 16. The molecule has 0 aliphatic carbocycles. The van der Waals surface area contributed by atoms with Crippen LogP contribution in [-0.2, 0) is 5.41 Å². The van der Waals surface area contributed by atoms with Gasteiger partial charge in [-0.1, -0.05) is 245 Å². The van der Waals surface area contributed by atoms with Gasteiger partial charge in [-0.3, -0.25) is 0 Å². The van der Waals surface area contributed by atoms with Crippen molar-refractivity contribution in [3.05, 3.63) is 478 Å². The zero-order valence-corrected chi connectivity index (χ0v) is 74.2. The fraction of sp³-hybridized carbons (Fsp3) is 0.0410. The van der Waals surface area contributed by atoms with Gasteiger partial charge in [-0.15, -0.1) is 0 Å². The largest absolute Gasteiger partial charge is 0.436 e. The van der Waals surface area contributed by atoms with Gasteiger partial charge in [0, 0.05) is 117 Å². The van der Waals surface area contributed by atoms with Gasteiger partial charge in [-0.05, 0) is 272 Å². The summed E-state index contributed by atoms with van der Waals surface area (Å²) in [5, 5.41) is 7.30. The third-order valence-electron chi connectivity index (χ3n) is 25.3. The van der Waals surface area contributed by atoms with Gasteiger partial charge in [0.1, 0.15) is 16.6 Å². The van der Waals surface area contributed by atoms with E-state index in [2.05, 4.69) is 455 Å².